The van der Waals surface area contributed by atoms with E-state index in [2.05, 4.69) is 0 Å². The molecule has 10 heavy (non-hydrogen) atoms. The molecule has 55 valence electrons. The van der Waals surface area contributed by atoms with Crippen molar-refractivity contribution in [3.63, 3.8) is 0 Å². The van der Waals surface area contributed by atoms with Crippen LogP contribution in [-0.2, 0) is 11.3 Å². The summed E-state index contributed by atoms with van der Waals surface area (Å²) in [5.41, 5.74) is 0. The summed E-state index contributed by atoms with van der Waals surface area (Å²) in [5, 5.41) is 0. The molecule has 0 aliphatic rings. The maximum atomic E-state index is 8.53. The van der Waals surface area contributed by atoms with Gasteiger partial charge < -0.3 is 0 Å². The zero-order valence-electron chi connectivity index (χ0n) is 4.68. The van der Waals surface area contributed by atoms with Crippen LogP contribution in [0.3, 0.4) is 0 Å². The van der Waals surface area contributed by atoms with Crippen LogP contribution in [-0.4, -0.2) is 47.1 Å². The van der Waals surface area contributed by atoms with E-state index in [0.29, 0.717) is 0 Å². The summed E-state index contributed by atoms with van der Waals surface area (Å²) in [6.07, 6.45) is 0. The van der Waals surface area contributed by atoms with Crippen LogP contribution in [0.15, 0.2) is 0 Å². The van der Waals surface area contributed by atoms with E-state index >= 15 is 0 Å². The fraction of sp³-hybridized carbons (Fsp3) is 0. The first kappa shape index (κ1) is 22.6. The molecule has 0 spiro atoms. The quantitative estimate of drug-likeness (QED) is 0.332. The molecule has 0 aromatic heterocycles. The van der Waals surface area contributed by atoms with Gasteiger partial charge in [-0.2, -0.15) is 0 Å². The molecule has 6 nitrogen and oxygen atoms in total. The van der Waals surface area contributed by atoms with Crippen LogP contribution < -0.4 is 12.4 Å². The molecular weight excluding hydrogens is 458 g/mol. The molecule has 1 radical (unpaired) electrons. The third-order valence-electron chi connectivity index (χ3n) is 0. The zero-order chi connectivity index (χ0) is 8.12. The van der Waals surface area contributed by atoms with Gasteiger partial charge in [-0.25, -0.2) is 0 Å². The molecule has 0 fully saturated rings. The van der Waals surface area contributed by atoms with Gasteiger partial charge >= 0.3 is 112 Å². The topological polar surface area (TPSA) is 120 Å². The van der Waals surface area contributed by atoms with Crippen LogP contribution in [0.2, 0.25) is 0 Å². The van der Waals surface area contributed by atoms with Gasteiger partial charge in [0.2, 0.25) is 0 Å². The van der Waals surface area contributed by atoms with Gasteiger partial charge in [-0.1, -0.05) is 0 Å². The zero-order valence-corrected chi connectivity index (χ0v) is 15.2. The van der Waals surface area contributed by atoms with Crippen LogP contribution in [0.5, 0.6) is 0 Å². The second-order valence-corrected chi connectivity index (χ2v) is 1.50. The van der Waals surface area contributed by atoms with E-state index in [0.717, 1.165) is 0 Å². The van der Waals surface area contributed by atoms with Crippen molar-refractivity contribution in [2.24, 2.45) is 0 Å². The van der Waals surface area contributed by atoms with E-state index in [1.807, 2.05) is 0 Å². The van der Waals surface area contributed by atoms with E-state index < -0.39 is 47.1 Å². The predicted molar refractivity (Wildman–Crippen MR) is 23.5 cm³/mol. The molecule has 0 amide bonds. The number of hydrogen-bond donors (Lipinski definition) is 0. The van der Waals surface area contributed by atoms with Crippen molar-refractivity contribution >= 4 is 47.1 Å². The Balaban J connectivity index is -0.0000000257. The number of rotatable bonds is 0. The molecule has 0 saturated heterocycles. The summed E-state index contributed by atoms with van der Waals surface area (Å²) in [4.78, 5) is 0. The molecule has 0 saturated carbocycles. The maximum absolute atomic E-state index is 8.53. The molecule has 10 heteroatoms. The summed E-state index contributed by atoms with van der Waals surface area (Å²) in [7, 11) is 0. The molecule has 0 N–H and O–H groups in total. The van der Waals surface area contributed by atoms with Crippen LogP contribution in [0.1, 0.15) is 0 Å². The monoisotopic (exact) mass is 463 g/mol. The molecule has 0 rings (SSSR count). The fourth-order valence-electron chi connectivity index (χ4n) is 0. The molecule has 0 heterocycles. The molecule has 0 aliphatic carbocycles. The first-order valence-electron chi connectivity index (χ1n) is 1.41. The average Bonchev–Trinajstić information content (AvgIpc) is 1.70. The van der Waals surface area contributed by atoms with Gasteiger partial charge in [0.15, 0.2) is 0 Å². The molecular formula is H3Ge3NdO6. The molecule has 0 atom stereocenters. The Bertz CT molecular complexity index is 49.7. The van der Waals surface area contributed by atoms with E-state index in [1.54, 1.807) is 0 Å². The Labute approximate surface area is 110 Å². The Hall–Kier alpha value is 1.78. The van der Waals surface area contributed by atoms with Gasteiger partial charge in [0, 0.05) is 0 Å². The Kier molecular flexibility index (Phi) is 102. The second-order valence-electron chi connectivity index (χ2n) is 0.289. The first-order chi connectivity index (χ1) is 4.24. The Morgan fingerprint density at radius 3 is 0.700 bits per heavy atom. The van der Waals surface area contributed by atoms with Gasteiger partial charge in [0.05, 0.1) is 0 Å². The fourth-order valence-corrected chi connectivity index (χ4v) is 0. The van der Waals surface area contributed by atoms with Crippen molar-refractivity contribution in [2.45, 2.75) is 0 Å². The molecule has 0 aliphatic heterocycles. The molecule has 0 aromatic rings. The van der Waals surface area contributed by atoms with Crippen molar-refractivity contribution < 1.29 is 64.6 Å². The average molecular weight is 461 g/mol. The first-order valence-corrected chi connectivity index (χ1v) is 7.35. The standard InChI is InChI=1S/3GeHO2.Nd/c3*2-1-3;/h3*1H;/q3*-1;+3. The van der Waals surface area contributed by atoms with Gasteiger partial charge in [0.1, 0.15) is 0 Å². The van der Waals surface area contributed by atoms with Crippen LogP contribution in [0, 0.1) is 40.8 Å². The van der Waals surface area contributed by atoms with Crippen molar-refractivity contribution in [3.8, 4) is 0 Å². The van der Waals surface area contributed by atoms with E-state index in [9.17, 15) is 0 Å². The van der Waals surface area contributed by atoms with E-state index in [1.165, 1.54) is 0 Å². The summed E-state index contributed by atoms with van der Waals surface area (Å²) in [6.45, 7) is 0. The van der Waals surface area contributed by atoms with Crippen molar-refractivity contribution in [1.29, 1.82) is 0 Å². The van der Waals surface area contributed by atoms with E-state index in [-0.39, 0.29) is 40.8 Å². The normalized spacial score (nSPS) is 3.60. The molecule has 0 aromatic carbocycles. The third-order valence-corrected chi connectivity index (χ3v) is 0. The third kappa shape index (κ3) is 238. The Morgan fingerprint density at radius 2 is 0.700 bits per heavy atom. The summed E-state index contributed by atoms with van der Waals surface area (Å²) < 4.78 is 51.2. The van der Waals surface area contributed by atoms with Crippen molar-refractivity contribution in [1.82, 2.24) is 0 Å². The van der Waals surface area contributed by atoms with Crippen molar-refractivity contribution in [2.75, 3.05) is 0 Å². The van der Waals surface area contributed by atoms with Crippen LogP contribution in [0.4, 0.5) is 0 Å². The summed E-state index contributed by atoms with van der Waals surface area (Å²) in [6, 6.07) is 0. The molecule has 0 bridgehead atoms. The second kappa shape index (κ2) is 45.1. The number of hydrogen-bond acceptors (Lipinski definition) is 6. The van der Waals surface area contributed by atoms with Crippen molar-refractivity contribution in [3.05, 3.63) is 0 Å². The van der Waals surface area contributed by atoms with Crippen LogP contribution in [0.25, 0.3) is 0 Å². The summed E-state index contributed by atoms with van der Waals surface area (Å²) >= 11 is -6.56. The minimum atomic E-state index is -2.19. The van der Waals surface area contributed by atoms with Crippen LogP contribution >= 0.6 is 0 Å². The molecule has 0 unspecified atom stereocenters. The summed E-state index contributed by atoms with van der Waals surface area (Å²) in [5.74, 6) is 0. The SMILES string of the molecule is [Nd+3].[O]=[GeH][O-].[O]=[GeH][O-].[O]=[GeH][O-]. The minimum absolute atomic E-state index is 0. The Morgan fingerprint density at radius 1 is 0.700 bits per heavy atom. The van der Waals surface area contributed by atoms with Gasteiger partial charge in [-0.3, -0.25) is 0 Å². The van der Waals surface area contributed by atoms with Gasteiger partial charge in [-0.15, -0.1) is 0 Å². The van der Waals surface area contributed by atoms with Gasteiger partial charge in [-0.05, 0) is 0 Å². The van der Waals surface area contributed by atoms with Gasteiger partial charge in [0.25, 0.3) is 0 Å². The van der Waals surface area contributed by atoms with E-state index in [4.69, 9.17) is 23.7 Å². The predicted octanol–water partition coefficient (Wildman–Crippen LogP) is -5.87.